The number of hydrogen-bond donors (Lipinski definition) is 1. The van der Waals surface area contributed by atoms with E-state index in [-0.39, 0.29) is 0 Å². The van der Waals surface area contributed by atoms with Gasteiger partial charge in [-0.25, -0.2) is 0 Å². The normalized spacial score (nSPS) is 10.5. The smallest absolute Gasteiger partial charge is 0.124 e. The topological polar surface area (TPSA) is 30.5 Å². The zero-order valence-electron chi connectivity index (χ0n) is 16.6. The summed E-state index contributed by atoms with van der Waals surface area (Å²) in [5.41, 5.74) is 3.51. The van der Waals surface area contributed by atoms with E-state index in [0.29, 0.717) is 6.61 Å². The van der Waals surface area contributed by atoms with Gasteiger partial charge in [-0.15, -0.1) is 0 Å². The molecule has 0 aromatic heterocycles. The van der Waals surface area contributed by atoms with Crippen LogP contribution >= 0.6 is 0 Å². The summed E-state index contributed by atoms with van der Waals surface area (Å²) < 4.78 is 11.8. The Bertz CT molecular complexity index is 815. The molecule has 3 aromatic carbocycles. The molecule has 0 aliphatic rings. The van der Waals surface area contributed by atoms with Crippen molar-refractivity contribution in [3.8, 4) is 11.5 Å². The highest BCUT2D eigenvalue weighted by Crippen LogP contribution is 2.21. The van der Waals surface area contributed by atoms with Crippen LogP contribution in [-0.4, -0.2) is 13.2 Å². The molecule has 3 heteroatoms. The summed E-state index contributed by atoms with van der Waals surface area (Å²) >= 11 is 0. The van der Waals surface area contributed by atoms with E-state index in [1.54, 1.807) is 0 Å². The Kier molecular flexibility index (Phi) is 7.80. The molecule has 3 rings (SSSR count). The highest BCUT2D eigenvalue weighted by Gasteiger charge is 2.04. The fraction of sp³-hybridized carbons (Fsp3) is 0.280. The number of hydrogen-bond acceptors (Lipinski definition) is 3. The van der Waals surface area contributed by atoms with Crippen molar-refractivity contribution in [3.63, 3.8) is 0 Å². The lowest BCUT2D eigenvalue weighted by atomic mass is 10.1. The first-order valence-electron chi connectivity index (χ1n) is 10.1. The second-order valence-corrected chi connectivity index (χ2v) is 6.77. The Balaban J connectivity index is 1.50. The summed E-state index contributed by atoms with van der Waals surface area (Å²) in [7, 11) is 0. The van der Waals surface area contributed by atoms with Crippen molar-refractivity contribution in [1.29, 1.82) is 0 Å². The SMILES string of the molecule is CCCCOc1ccc(NCc2ccccc2OCCc2ccccc2)cc1. The molecule has 0 atom stereocenters. The maximum atomic E-state index is 6.04. The fourth-order valence-electron chi connectivity index (χ4n) is 2.91. The van der Waals surface area contributed by atoms with E-state index in [2.05, 4.69) is 54.7 Å². The molecule has 3 aromatic rings. The lowest BCUT2D eigenvalue weighted by Crippen LogP contribution is -2.06. The van der Waals surface area contributed by atoms with Crippen LogP contribution in [-0.2, 0) is 13.0 Å². The van der Waals surface area contributed by atoms with Crippen molar-refractivity contribution in [3.05, 3.63) is 90.0 Å². The number of rotatable bonds is 11. The molecule has 146 valence electrons. The lowest BCUT2D eigenvalue weighted by Gasteiger charge is -2.13. The van der Waals surface area contributed by atoms with Crippen LogP contribution in [0.5, 0.6) is 11.5 Å². The summed E-state index contributed by atoms with van der Waals surface area (Å²) in [6.07, 6.45) is 3.13. The highest BCUT2D eigenvalue weighted by molar-refractivity contribution is 5.48. The largest absolute Gasteiger partial charge is 0.494 e. The van der Waals surface area contributed by atoms with Crippen molar-refractivity contribution in [1.82, 2.24) is 0 Å². The van der Waals surface area contributed by atoms with E-state index in [1.165, 1.54) is 5.56 Å². The number of para-hydroxylation sites is 1. The Morgan fingerprint density at radius 3 is 2.29 bits per heavy atom. The maximum absolute atomic E-state index is 6.04. The van der Waals surface area contributed by atoms with Crippen molar-refractivity contribution in [2.45, 2.75) is 32.7 Å². The van der Waals surface area contributed by atoms with Gasteiger partial charge in [0.05, 0.1) is 13.2 Å². The molecule has 0 aliphatic heterocycles. The van der Waals surface area contributed by atoms with E-state index in [1.807, 2.05) is 36.4 Å². The monoisotopic (exact) mass is 375 g/mol. The molecule has 0 saturated heterocycles. The van der Waals surface area contributed by atoms with Crippen LogP contribution in [0.4, 0.5) is 5.69 Å². The Labute approximate surface area is 168 Å². The molecule has 28 heavy (non-hydrogen) atoms. The van der Waals surface area contributed by atoms with Crippen LogP contribution < -0.4 is 14.8 Å². The molecule has 0 bridgehead atoms. The molecular weight excluding hydrogens is 346 g/mol. The van der Waals surface area contributed by atoms with Crippen molar-refractivity contribution >= 4 is 5.69 Å². The van der Waals surface area contributed by atoms with Crippen molar-refractivity contribution in [2.75, 3.05) is 18.5 Å². The Morgan fingerprint density at radius 2 is 1.50 bits per heavy atom. The van der Waals surface area contributed by atoms with Crippen LogP contribution in [0.1, 0.15) is 30.9 Å². The minimum atomic E-state index is 0.671. The minimum Gasteiger partial charge on any atom is -0.494 e. The van der Waals surface area contributed by atoms with Gasteiger partial charge in [0, 0.05) is 24.2 Å². The zero-order chi connectivity index (χ0) is 19.4. The predicted molar refractivity (Wildman–Crippen MR) is 116 cm³/mol. The maximum Gasteiger partial charge on any atom is 0.124 e. The third-order valence-electron chi connectivity index (χ3n) is 4.57. The number of unbranched alkanes of at least 4 members (excludes halogenated alkanes) is 1. The van der Waals surface area contributed by atoms with Crippen molar-refractivity contribution < 1.29 is 9.47 Å². The summed E-state index contributed by atoms with van der Waals surface area (Å²) in [6.45, 7) is 4.33. The molecule has 0 aliphatic carbocycles. The zero-order valence-corrected chi connectivity index (χ0v) is 16.6. The summed E-state index contributed by atoms with van der Waals surface area (Å²) in [4.78, 5) is 0. The van der Waals surface area contributed by atoms with Gasteiger partial charge in [-0.2, -0.15) is 0 Å². The quantitative estimate of drug-likeness (QED) is 0.411. The number of nitrogens with one attached hydrogen (secondary N) is 1. The van der Waals surface area contributed by atoms with Crippen LogP contribution in [0, 0.1) is 0 Å². The number of ether oxygens (including phenoxy) is 2. The lowest BCUT2D eigenvalue weighted by molar-refractivity contribution is 0.309. The summed E-state index contributed by atoms with van der Waals surface area (Å²) in [5.74, 6) is 1.86. The molecule has 0 saturated carbocycles. The Morgan fingerprint density at radius 1 is 0.750 bits per heavy atom. The second kappa shape index (κ2) is 11.0. The third-order valence-corrected chi connectivity index (χ3v) is 4.57. The van der Waals surface area contributed by atoms with E-state index < -0.39 is 0 Å². The number of benzene rings is 3. The summed E-state index contributed by atoms with van der Waals surface area (Å²) in [5, 5.41) is 3.47. The van der Waals surface area contributed by atoms with E-state index in [9.17, 15) is 0 Å². The van der Waals surface area contributed by atoms with Crippen LogP contribution in [0.3, 0.4) is 0 Å². The van der Waals surface area contributed by atoms with Gasteiger partial charge in [-0.3, -0.25) is 0 Å². The first-order chi connectivity index (χ1) is 13.8. The van der Waals surface area contributed by atoms with Gasteiger partial charge in [-0.05, 0) is 42.3 Å². The van der Waals surface area contributed by atoms with E-state index in [0.717, 1.165) is 55.2 Å². The molecule has 0 spiro atoms. The molecule has 0 radical (unpaired) electrons. The second-order valence-electron chi connectivity index (χ2n) is 6.77. The Hall–Kier alpha value is -2.94. The first kappa shape index (κ1) is 19.8. The standard InChI is InChI=1S/C25H29NO2/c1-2-3-18-27-24-15-13-23(14-16-24)26-20-22-11-7-8-12-25(22)28-19-17-21-9-5-4-6-10-21/h4-16,26H,2-3,17-20H2,1H3. The average Bonchev–Trinajstić information content (AvgIpc) is 2.75. The van der Waals surface area contributed by atoms with Crippen LogP contribution in [0.15, 0.2) is 78.9 Å². The predicted octanol–water partition coefficient (Wildman–Crippen LogP) is 6.10. The van der Waals surface area contributed by atoms with Crippen LogP contribution in [0.2, 0.25) is 0 Å². The van der Waals surface area contributed by atoms with Gasteiger partial charge in [0.15, 0.2) is 0 Å². The van der Waals surface area contributed by atoms with Gasteiger partial charge in [0.2, 0.25) is 0 Å². The van der Waals surface area contributed by atoms with Gasteiger partial charge >= 0.3 is 0 Å². The fourth-order valence-corrected chi connectivity index (χ4v) is 2.91. The van der Waals surface area contributed by atoms with E-state index >= 15 is 0 Å². The van der Waals surface area contributed by atoms with E-state index in [4.69, 9.17) is 9.47 Å². The molecule has 0 unspecified atom stereocenters. The average molecular weight is 376 g/mol. The number of anilines is 1. The molecule has 0 fully saturated rings. The summed E-state index contributed by atoms with van der Waals surface area (Å²) in [6, 6.07) is 26.8. The van der Waals surface area contributed by atoms with Crippen molar-refractivity contribution in [2.24, 2.45) is 0 Å². The molecular formula is C25H29NO2. The van der Waals surface area contributed by atoms with Crippen LogP contribution in [0.25, 0.3) is 0 Å². The molecule has 3 nitrogen and oxygen atoms in total. The molecule has 0 amide bonds. The van der Waals surface area contributed by atoms with Gasteiger partial charge in [0.25, 0.3) is 0 Å². The molecule has 0 heterocycles. The first-order valence-corrected chi connectivity index (χ1v) is 10.1. The van der Waals surface area contributed by atoms with Gasteiger partial charge < -0.3 is 14.8 Å². The third kappa shape index (κ3) is 6.34. The highest BCUT2D eigenvalue weighted by atomic mass is 16.5. The molecule has 1 N–H and O–H groups in total. The van der Waals surface area contributed by atoms with Gasteiger partial charge in [-0.1, -0.05) is 61.9 Å². The van der Waals surface area contributed by atoms with Gasteiger partial charge in [0.1, 0.15) is 11.5 Å². The minimum absolute atomic E-state index is 0.671.